The molecule has 0 bridgehead atoms. The largest absolute Gasteiger partial charge is 0.444 e. The number of likely N-dealkylation sites (tertiary alicyclic amines) is 1. The molecule has 7 nitrogen and oxygen atoms in total. The maximum Gasteiger partial charge on any atom is 0.410 e. The van der Waals surface area contributed by atoms with Crippen molar-refractivity contribution in [3.05, 3.63) is 70.9 Å². The van der Waals surface area contributed by atoms with E-state index < -0.39 is 48.3 Å². The van der Waals surface area contributed by atoms with Crippen LogP contribution in [0.3, 0.4) is 0 Å². The number of amides is 1. The number of nitrogens with one attached hydrogen (secondary N) is 1. The molecular weight excluding hydrogens is 576 g/mol. The van der Waals surface area contributed by atoms with Crippen molar-refractivity contribution in [1.82, 2.24) is 14.8 Å². The number of ether oxygens (including phenoxy) is 1. The maximum atomic E-state index is 13.4. The van der Waals surface area contributed by atoms with Crippen molar-refractivity contribution in [2.75, 3.05) is 26.2 Å². The predicted octanol–water partition coefficient (Wildman–Crippen LogP) is 7.01. The lowest BCUT2D eigenvalue weighted by Gasteiger charge is -2.41. The van der Waals surface area contributed by atoms with E-state index in [1.165, 1.54) is 15.8 Å². The van der Waals surface area contributed by atoms with E-state index in [-0.39, 0.29) is 12.0 Å². The van der Waals surface area contributed by atoms with Gasteiger partial charge in [0, 0.05) is 54.3 Å². The van der Waals surface area contributed by atoms with Crippen molar-refractivity contribution in [3.63, 3.8) is 0 Å². The van der Waals surface area contributed by atoms with Crippen LogP contribution in [0.4, 0.5) is 22.4 Å². The van der Waals surface area contributed by atoms with E-state index in [9.17, 15) is 27.6 Å². The summed E-state index contributed by atoms with van der Waals surface area (Å²) < 4.78 is 58.5. The molecule has 1 saturated heterocycles. The number of H-pyrrole nitrogens is 1. The van der Waals surface area contributed by atoms with Gasteiger partial charge in [0.2, 0.25) is 0 Å². The molecule has 1 amide bonds. The smallest absolute Gasteiger partial charge is 0.410 e. The van der Waals surface area contributed by atoms with Crippen LogP contribution in [0.5, 0.6) is 0 Å². The molecule has 0 saturated carbocycles. The summed E-state index contributed by atoms with van der Waals surface area (Å²) >= 11 is 0. The first-order chi connectivity index (χ1) is 20.7. The SMILES string of the molecule is CC.CC(C)(C)OC(=O)N1CC(C(C#N)c2cc(F)cc(F)c2)C1.CC1Cc2c([nH]c3ccccc23)CN1CC(F)(F)CO. The topological polar surface area (TPSA) is 92.6 Å². The fraction of sp³-hybridized carbons (Fsp3) is 0.515. The number of carbonyl (C=O) groups excluding carboxylic acids is 1. The third-order valence-electron chi connectivity index (χ3n) is 7.47. The van der Waals surface area contributed by atoms with E-state index in [0.717, 1.165) is 35.8 Å². The van der Waals surface area contributed by atoms with Crippen molar-refractivity contribution in [3.8, 4) is 6.07 Å². The molecule has 0 aliphatic carbocycles. The van der Waals surface area contributed by atoms with Crippen LogP contribution in [0.15, 0.2) is 42.5 Å². The maximum absolute atomic E-state index is 13.4. The van der Waals surface area contributed by atoms with Gasteiger partial charge < -0.3 is 19.7 Å². The molecule has 2 atom stereocenters. The highest BCUT2D eigenvalue weighted by Crippen LogP contribution is 2.34. The number of hydrogen-bond donors (Lipinski definition) is 2. The Morgan fingerprint density at radius 2 is 1.75 bits per heavy atom. The van der Waals surface area contributed by atoms with Crippen molar-refractivity contribution in [2.45, 2.75) is 78.0 Å². The minimum atomic E-state index is -3.04. The summed E-state index contributed by atoms with van der Waals surface area (Å²) in [4.78, 5) is 18.4. The number of rotatable bonds is 5. The van der Waals surface area contributed by atoms with Gasteiger partial charge >= 0.3 is 6.09 Å². The minimum absolute atomic E-state index is 0.0409. The number of aliphatic hydroxyl groups is 1. The van der Waals surface area contributed by atoms with E-state index in [0.29, 0.717) is 25.2 Å². The van der Waals surface area contributed by atoms with Crippen LogP contribution in [-0.4, -0.2) is 69.8 Å². The van der Waals surface area contributed by atoms with Gasteiger partial charge in [-0.25, -0.2) is 22.4 Å². The van der Waals surface area contributed by atoms with Gasteiger partial charge in [-0.05, 0) is 63.4 Å². The van der Waals surface area contributed by atoms with E-state index in [4.69, 9.17) is 9.84 Å². The Morgan fingerprint density at radius 3 is 2.32 bits per heavy atom. The zero-order valence-corrected chi connectivity index (χ0v) is 26.1. The number of aliphatic hydroxyl groups excluding tert-OH is 1. The molecule has 1 aromatic heterocycles. The Bertz CT molecular complexity index is 1440. The van der Waals surface area contributed by atoms with E-state index in [1.807, 2.05) is 39.0 Å². The van der Waals surface area contributed by atoms with Gasteiger partial charge in [0.25, 0.3) is 5.92 Å². The summed E-state index contributed by atoms with van der Waals surface area (Å²) in [5, 5.41) is 19.2. The van der Waals surface area contributed by atoms with Crippen LogP contribution in [0.2, 0.25) is 0 Å². The molecule has 11 heteroatoms. The highest BCUT2D eigenvalue weighted by molar-refractivity contribution is 5.84. The van der Waals surface area contributed by atoms with Crippen molar-refractivity contribution in [2.24, 2.45) is 5.92 Å². The standard InChI is InChI=1S/C16H18F2N2O2.C15H18F2N2O.C2H6/c1-16(2,3)22-15(21)20-8-11(9-20)14(7-19)10-4-12(17)6-13(18)5-10;1-10-6-12-11-4-2-3-5-13(11)18-14(12)7-19(10)8-15(16,17)9-20;1-2/h4-6,11,14H,8-9H2,1-3H3;2-5,10,18,20H,6-9H2,1H3;1-2H3. The van der Waals surface area contributed by atoms with E-state index in [2.05, 4.69) is 17.1 Å². The number of hydrogen-bond acceptors (Lipinski definition) is 5. The fourth-order valence-electron chi connectivity index (χ4n) is 5.37. The first kappa shape index (κ1) is 34.9. The predicted molar refractivity (Wildman–Crippen MR) is 161 cm³/mol. The fourth-order valence-corrected chi connectivity index (χ4v) is 5.37. The van der Waals surface area contributed by atoms with Gasteiger partial charge in [-0.1, -0.05) is 32.0 Å². The second kappa shape index (κ2) is 14.4. The zero-order chi connectivity index (χ0) is 32.8. The molecule has 2 aliphatic heterocycles. The summed E-state index contributed by atoms with van der Waals surface area (Å²) in [5.41, 5.74) is 3.02. The summed E-state index contributed by atoms with van der Waals surface area (Å²) in [5.74, 6) is -5.27. The highest BCUT2D eigenvalue weighted by atomic mass is 19.3. The average molecular weight is 619 g/mol. The number of para-hydroxylation sites is 1. The highest BCUT2D eigenvalue weighted by Gasteiger charge is 2.39. The summed E-state index contributed by atoms with van der Waals surface area (Å²) in [6.07, 6.45) is 0.312. The Hall–Kier alpha value is -3.62. The van der Waals surface area contributed by atoms with Gasteiger partial charge in [-0.2, -0.15) is 5.26 Å². The summed E-state index contributed by atoms with van der Waals surface area (Å²) in [6.45, 7) is 10.9. The number of fused-ring (bicyclic) bond motifs is 3. The minimum Gasteiger partial charge on any atom is -0.444 e. The number of benzene rings is 2. The van der Waals surface area contributed by atoms with Crippen LogP contribution in [0, 0.1) is 28.9 Å². The molecule has 0 spiro atoms. The molecule has 3 aromatic rings. The molecule has 2 N–H and O–H groups in total. The second-order valence-electron chi connectivity index (χ2n) is 12.1. The molecule has 2 aliphatic rings. The van der Waals surface area contributed by atoms with Crippen molar-refractivity contribution < 1.29 is 32.2 Å². The van der Waals surface area contributed by atoms with E-state index >= 15 is 0 Å². The monoisotopic (exact) mass is 618 g/mol. The second-order valence-corrected chi connectivity index (χ2v) is 12.1. The Labute approximate surface area is 256 Å². The van der Waals surface area contributed by atoms with Gasteiger partial charge in [0.1, 0.15) is 23.8 Å². The Kier molecular flexibility index (Phi) is 11.4. The van der Waals surface area contributed by atoms with Crippen LogP contribution in [0.25, 0.3) is 10.9 Å². The molecule has 2 aromatic carbocycles. The molecule has 44 heavy (non-hydrogen) atoms. The number of alkyl halides is 2. The van der Waals surface area contributed by atoms with Crippen LogP contribution < -0.4 is 0 Å². The first-order valence-corrected chi connectivity index (χ1v) is 14.8. The third kappa shape index (κ3) is 8.73. The lowest BCUT2D eigenvalue weighted by molar-refractivity contribution is -0.0819. The quantitative estimate of drug-likeness (QED) is 0.300. The Balaban J connectivity index is 0.000000228. The molecular formula is C33H42F4N4O3. The average Bonchev–Trinajstić information content (AvgIpc) is 3.27. The molecule has 2 unspecified atom stereocenters. The Morgan fingerprint density at radius 1 is 1.14 bits per heavy atom. The lowest BCUT2D eigenvalue weighted by Crippen LogP contribution is -2.53. The van der Waals surface area contributed by atoms with Gasteiger partial charge in [-0.15, -0.1) is 0 Å². The number of aromatic nitrogens is 1. The number of nitriles is 1. The summed E-state index contributed by atoms with van der Waals surface area (Å²) in [6, 6.07) is 13.2. The van der Waals surface area contributed by atoms with Crippen LogP contribution in [0.1, 0.15) is 64.3 Å². The number of carbonyl (C=O) groups is 1. The lowest BCUT2D eigenvalue weighted by atomic mass is 9.82. The van der Waals surface area contributed by atoms with Crippen LogP contribution in [-0.2, 0) is 17.7 Å². The molecule has 1 fully saturated rings. The number of halogens is 4. The first-order valence-electron chi connectivity index (χ1n) is 14.8. The van der Waals surface area contributed by atoms with Crippen molar-refractivity contribution in [1.29, 1.82) is 5.26 Å². The third-order valence-corrected chi connectivity index (χ3v) is 7.47. The normalized spacial score (nSPS) is 17.7. The summed E-state index contributed by atoms with van der Waals surface area (Å²) in [7, 11) is 0. The van der Waals surface area contributed by atoms with E-state index in [1.54, 1.807) is 25.7 Å². The zero-order valence-electron chi connectivity index (χ0n) is 26.1. The molecule has 240 valence electrons. The number of nitrogens with zero attached hydrogens (tertiary/aromatic N) is 3. The van der Waals surface area contributed by atoms with Gasteiger partial charge in [0.05, 0.1) is 18.5 Å². The molecule has 3 heterocycles. The van der Waals surface area contributed by atoms with Gasteiger partial charge in [-0.3, -0.25) is 4.90 Å². The van der Waals surface area contributed by atoms with Crippen LogP contribution >= 0.6 is 0 Å². The van der Waals surface area contributed by atoms with Gasteiger partial charge in [0.15, 0.2) is 0 Å². The number of aromatic amines is 1. The molecule has 0 radical (unpaired) electrons. The van der Waals surface area contributed by atoms with Crippen molar-refractivity contribution >= 4 is 17.0 Å². The molecule has 5 rings (SSSR count).